The van der Waals surface area contributed by atoms with Crippen LogP contribution in [0.3, 0.4) is 0 Å². The Morgan fingerprint density at radius 1 is 1.21 bits per heavy atom. The van der Waals surface area contributed by atoms with Gasteiger partial charge < -0.3 is 4.90 Å². The molecule has 19 heavy (non-hydrogen) atoms. The molecule has 102 valence electrons. The van der Waals surface area contributed by atoms with E-state index in [4.69, 9.17) is 0 Å². The Morgan fingerprint density at radius 2 is 1.84 bits per heavy atom. The second-order valence-corrected chi connectivity index (χ2v) is 5.00. The number of amides is 1. The summed E-state index contributed by atoms with van der Waals surface area (Å²) in [4.78, 5) is 13.2. The predicted molar refractivity (Wildman–Crippen MR) is 62.1 cm³/mol. The lowest BCUT2D eigenvalue weighted by Gasteiger charge is -2.29. The lowest BCUT2D eigenvalue weighted by molar-refractivity contribution is -0.197. The van der Waals surface area contributed by atoms with Crippen LogP contribution in [0.25, 0.3) is 0 Å². The fourth-order valence-electron chi connectivity index (χ4n) is 2.60. The van der Waals surface area contributed by atoms with Gasteiger partial charge in [-0.15, -0.1) is 0 Å². The number of carbonyl (C=O) groups is 1. The summed E-state index contributed by atoms with van der Waals surface area (Å²) in [7, 11) is 0. The molecule has 1 aliphatic heterocycles. The molecule has 1 aromatic carbocycles. The van der Waals surface area contributed by atoms with Crippen molar-refractivity contribution >= 4 is 5.91 Å². The zero-order chi connectivity index (χ0) is 13.7. The SMILES string of the molecule is O=C1C(c2ccccc2)NCN1C1(C(F)(F)F)CC1. The molecular formula is C13H13F3N2O. The number of halogens is 3. The molecule has 0 aromatic heterocycles. The molecular weight excluding hydrogens is 257 g/mol. The van der Waals surface area contributed by atoms with Crippen LogP contribution in [-0.4, -0.2) is 29.2 Å². The van der Waals surface area contributed by atoms with E-state index >= 15 is 0 Å². The number of hydrogen-bond donors (Lipinski definition) is 1. The Morgan fingerprint density at radius 3 is 2.37 bits per heavy atom. The van der Waals surface area contributed by atoms with Crippen LogP contribution in [0, 0.1) is 0 Å². The number of nitrogens with one attached hydrogen (secondary N) is 1. The van der Waals surface area contributed by atoms with Crippen LogP contribution in [0.1, 0.15) is 24.4 Å². The van der Waals surface area contributed by atoms with Gasteiger partial charge in [0.25, 0.3) is 0 Å². The summed E-state index contributed by atoms with van der Waals surface area (Å²) in [6, 6.07) is 8.16. The summed E-state index contributed by atoms with van der Waals surface area (Å²) in [5.74, 6) is -0.485. The van der Waals surface area contributed by atoms with Crippen LogP contribution >= 0.6 is 0 Å². The second-order valence-electron chi connectivity index (χ2n) is 5.00. The number of alkyl halides is 3. The van der Waals surface area contributed by atoms with Gasteiger partial charge in [-0.05, 0) is 18.4 Å². The van der Waals surface area contributed by atoms with E-state index in [-0.39, 0.29) is 19.5 Å². The van der Waals surface area contributed by atoms with Crippen molar-refractivity contribution in [2.24, 2.45) is 0 Å². The Labute approximate surface area is 108 Å². The Balaban J connectivity index is 1.84. The number of nitrogens with zero attached hydrogens (tertiary/aromatic N) is 1. The molecule has 1 atom stereocenters. The van der Waals surface area contributed by atoms with Crippen LogP contribution in [-0.2, 0) is 4.79 Å². The molecule has 2 aliphatic rings. The van der Waals surface area contributed by atoms with Crippen molar-refractivity contribution in [1.29, 1.82) is 0 Å². The van der Waals surface area contributed by atoms with Gasteiger partial charge in [-0.1, -0.05) is 30.3 Å². The standard InChI is InChI=1S/C13H13F3N2O/c14-13(15,16)12(6-7-12)18-8-17-10(11(18)19)9-4-2-1-3-5-9/h1-5,10,17H,6-8H2. The Kier molecular flexibility index (Phi) is 2.60. The van der Waals surface area contributed by atoms with Crippen molar-refractivity contribution in [3.63, 3.8) is 0 Å². The largest absolute Gasteiger partial charge is 0.411 e. The Hall–Kier alpha value is -1.56. The van der Waals surface area contributed by atoms with Crippen LogP contribution in [0.15, 0.2) is 30.3 Å². The number of benzene rings is 1. The maximum Gasteiger partial charge on any atom is 0.411 e. The number of hydrogen-bond acceptors (Lipinski definition) is 2. The minimum Gasteiger partial charge on any atom is -0.313 e. The van der Waals surface area contributed by atoms with Crippen molar-refractivity contribution < 1.29 is 18.0 Å². The summed E-state index contributed by atoms with van der Waals surface area (Å²) >= 11 is 0. The molecule has 1 saturated heterocycles. The predicted octanol–water partition coefficient (Wildman–Crippen LogP) is 2.21. The molecule has 1 heterocycles. The highest BCUT2D eigenvalue weighted by molar-refractivity contribution is 5.86. The highest BCUT2D eigenvalue weighted by atomic mass is 19.4. The third kappa shape index (κ3) is 1.82. The molecule has 1 saturated carbocycles. The van der Waals surface area contributed by atoms with Gasteiger partial charge in [-0.2, -0.15) is 13.2 Å². The molecule has 2 fully saturated rings. The number of carbonyl (C=O) groups excluding carboxylic acids is 1. The van der Waals surface area contributed by atoms with E-state index < -0.39 is 23.7 Å². The first-order valence-corrected chi connectivity index (χ1v) is 6.12. The average Bonchev–Trinajstić information content (AvgIpc) is 3.09. The van der Waals surface area contributed by atoms with E-state index in [0.29, 0.717) is 5.56 Å². The highest BCUT2D eigenvalue weighted by Gasteiger charge is 2.69. The molecule has 6 heteroatoms. The number of rotatable bonds is 2. The third-order valence-electron chi connectivity index (χ3n) is 3.87. The monoisotopic (exact) mass is 270 g/mol. The smallest absolute Gasteiger partial charge is 0.313 e. The summed E-state index contributed by atoms with van der Waals surface area (Å²) in [5, 5.41) is 2.87. The normalized spacial score (nSPS) is 25.7. The van der Waals surface area contributed by atoms with Gasteiger partial charge in [0.15, 0.2) is 0 Å². The van der Waals surface area contributed by atoms with Crippen molar-refractivity contribution in [2.45, 2.75) is 30.6 Å². The van der Waals surface area contributed by atoms with Crippen molar-refractivity contribution in [1.82, 2.24) is 10.2 Å². The molecule has 1 aromatic rings. The van der Waals surface area contributed by atoms with E-state index in [0.717, 1.165) is 4.90 Å². The zero-order valence-corrected chi connectivity index (χ0v) is 10.1. The first kappa shape index (κ1) is 12.5. The zero-order valence-electron chi connectivity index (χ0n) is 10.1. The van der Waals surface area contributed by atoms with E-state index in [9.17, 15) is 18.0 Å². The molecule has 1 unspecified atom stereocenters. The summed E-state index contributed by atoms with van der Waals surface area (Å²) in [6.45, 7) is -0.0437. The first-order valence-electron chi connectivity index (χ1n) is 6.12. The van der Waals surface area contributed by atoms with Gasteiger partial charge in [-0.3, -0.25) is 10.1 Å². The van der Waals surface area contributed by atoms with E-state index in [2.05, 4.69) is 5.32 Å². The quantitative estimate of drug-likeness (QED) is 0.893. The van der Waals surface area contributed by atoms with Crippen LogP contribution in [0.5, 0.6) is 0 Å². The molecule has 1 N–H and O–H groups in total. The maximum absolute atomic E-state index is 13.0. The van der Waals surface area contributed by atoms with Crippen molar-refractivity contribution in [3.05, 3.63) is 35.9 Å². The van der Waals surface area contributed by atoms with Gasteiger partial charge in [-0.25, -0.2) is 0 Å². The molecule has 0 spiro atoms. The molecule has 1 aliphatic carbocycles. The second kappa shape index (κ2) is 3.96. The topological polar surface area (TPSA) is 32.3 Å². The van der Waals surface area contributed by atoms with Gasteiger partial charge >= 0.3 is 6.18 Å². The van der Waals surface area contributed by atoms with Crippen molar-refractivity contribution in [2.75, 3.05) is 6.67 Å². The van der Waals surface area contributed by atoms with E-state index in [1.807, 2.05) is 0 Å². The average molecular weight is 270 g/mol. The highest BCUT2D eigenvalue weighted by Crippen LogP contribution is 2.54. The molecule has 1 amide bonds. The van der Waals surface area contributed by atoms with Gasteiger partial charge in [0.1, 0.15) is 11.6 Å². The van der Waals surface area contributed by atoms with Crippen LogP contribution in [0.4, 0.5) is 13.2 Å². The Bertz CT molecular complexity index is 496. The fourth-order valence-corrected chi connectivity index (χ4v) is 2.60. The lowest BCUT2D eigenvalue weighted by atomic mass is 10.1. The molecule has 3 rings (SSSR count). The van der Waals surface area contributed by atoms with Crippen LogP contribution < -0.4 is 5.32 Å². The van der Waals surface area contributed by atoms with Gasteiger partial charge in [0.2, 0.25) is 5.91 Å². The van der Waals surface area contributed by atoms with Gasteiger partial charge in [0, 0.05) is 0 Å². The van der Waals surface area contributed by atoms with Gasteiger partial charge in [0.05, 0.1) is 6.67 Å². The molecule has 0 radical (unpaired) electrons. The lowest BCUT2D eigenvalue weighted by Crippen LogP contribution is -2.49. The third-order valence-corrected chi connectivity index (χ3v) is 3.87. The minimum atomic E-state index is -4.35. The first-order chi connectivity index (χ1) is 8.96. The summed E-state index contributed by atoms with van der Waals surface area (Å²) in [5.41, 5.74) is -1.23. The van der Waals surface area contributed by atoms with E-state index in [1.54, 1.807) is 30.3 Å². The van der Waals surface area contributed by atoms with Crippen molar-refractivity contribution in [3.8, 4) is 0 Å². The van der Waals surface area contributed by atoms with E-state index in [1.165, 1.54) is 0 Å². The van der Waals surface area contributed by atoms with Crippen LogP contribution in [0.2, 0.25) is 0 Å². The molecule has 0 bridgehead atoms. The molecule has 3 nitrogen and oxygen atoms in total. The summed E-state index contributed by atoms with van der Waals surface area (Å²) < 4.78 is 39.1. The maximum atomic E-state index is 13.0. The minimum absolute atomic E-state index is 0.00539. The fraction of sp³-hybridized carbons (Fsp3) is 0.462. The summed E-state index contributed by atoms with van der Waals surface area (Å²) in [6.07, 6.45) is -4.34.